The number of anilines is 1. The highest BCUT2D eigenvalue weighted by Crippen LogP contribution is 2.26. The minimum absolute atomic E-state index is 0.0365. The van der Waals surface area contributed by atoms with Crippen LogP contribution in [0.4, 0.5) is 5.95 Å². The fraction of sp³-hybridized carbons (Fsp3) is 0.578. The molecule has 1 aliphatic rings. The van der Waals surface area contributed by atoms with Gasteiger partial charge in [0.05, 0.1) is 76.2 Å². The van der Waals surface area contributed by atoms with Crippen molar-refractivity contribution in [1.82, 2.24) is 65.4 Å². The molecule has 2 aromatic heterocycles. The van der Waals surface area contributed by atoms with Crippen LogP contribution in [0.1, 0.15) is 65.6 Å². The standard InChI is InChI=1S/C64H96N14O21S/c1-44-34-47(35-45(2)60(44)100(93,94)73-51(63(91)92)38-70-61(89)49-39-74(3)52-36-46(9-10-48(52)59(49)88)37-71-64-68-15-16-69-64)99-28-5-8-53(79)65-13-6-26-96-30-32-98-33-31-97-27-7-14-67-62(90)50(11-12-54(80)66-17-29-95-4)72-55(81)40-75-18-20-76(41-56(82)83)22-24-78(43-58(86)87)25-23-77(21-19-75)42-57(84)85/h9-10,15-16,34-36,39,50-51,73H,5-8,11-14,17-33,37-38,40-43H2,1-4H3,(H,65,79)(H,66,80)(H,67,90)(H,70,89)(H,72,81)(H,82,83)(H,84,85)(H,86,87)(H,91,92)(H2,68,69,71)/t50-,51+/m1/s1. The molecule has 2 aromatic carbocycles. The Morgan fingerprint density at radius 3 is 1.71 bits per heavy atom. The number of ether oxygens (including phenoxy) is 5. The second-order valence-corrected chi connectivity index (χ2v) is 25.3. The monoisotopic (exact) mass is 1430 g/mol. The number of carboxylic acid groups (broad SMARTS) is 4. The first kappa shape index (κ1) is 82.0. The number of nitrogens with one attached hydrogen (secondary N) is 8. The van der Waals surface area contributed by atoms with Gasteiger partial charge in [-0.2, -0.15) is 4.72 Å². The van der Waals surface area contributed by atoms with E-state index in [1.54, 1.807) is 61.8 Å². The van der Waals surface area contributed by atoms with Crippen molar-refractivity contribution >= 4 is 80.3 Å². The SMILES string of the molecule is COCCNC(=O)CC[C@@H](NC(=O)CN1CCN(CC(=O)O)CCN(CC(=O)O)CCN(CC(=O)O)CC1)C(=O)NCCCOCCOCCOCCCNC(=O)CCCOc1cc(C)c(S(=O)(=O)N[C@@H](CNC(=O)c2cn(C)c3cc(CNc4ncc[nH]4)ccc3c2=O)C(=O)O)c(C)c1. The third-order valence-corrected chi connectivity index (χ3v) is 17.4. The first-order chi connectivity index (χ1) is 47.8. The molecule has 1 saturated heterocycles. The Labute approximate surface area is 579 Å². The van der Waals surface area contributed by atoms with Crippen molar-refractivity contribution in [2.24, 2.45) is 7.05 Å². The van der Waals surface area contributed by atoms with Gasteiger partial charge in [-0.15, -0.1) is 0 Å². The van der Waals surface area contributed by atoms with Gasteiger partial charge in [0.15, 0.2) is 5.95 Å². The second kappa shape index (κ2) is 43.7. The van der Waals surface area contributed by atoms with E-state index < -0.39 is 75.7 Å². The molecule has 0 aliphatic carbocycles. The molecule has 100 heavy (non-hydrogen) atoms. The van der Waals surface area contributed by atoms with E-state index in [0.29, 0.717) is 62.8 Å². The average Bonchev–Trinajstić information content (AvgIpc) is 0.790. The average molecular weight is 1430 g/mol. The number of amides is 5. The quantitative estimate of drug-likeness (QED) is 0.0221. The van der Waals surface area contributed by atoms with E-state index in [4.69, 9.17) is 23.7 Å². The highest BCUT2D eigenvalue weighted by atomic mass is 32.2. The maximum absolute atomic E-state index is 13.7. The number of pyridine rings is 1. The Bertz CT molecular complexity index is 3450. The van der Waals surface area contributed by atoms with Gasteiger partial charge in [0.1, 0.15) is 23.4 Å². The lowest BCUT2D eigenvalue weighted by Crippen LogP contribution is -2.52. The number of hydrogen-bond acceptors (Lipinski definition) is 23. The number of aliphatic carboxylic acids is 4. The first-order valence-electron chi connectivity index (χ1n) is 32.8. The van der Waals surface area contributed by atoms with Gasteiger partial charge in [-0.1, -0.05) is 6.07 Å². The Hall–Kier alpha value is -8.72. The van der Waals surface area contributed by atoms with Gasteiger partial charge >= 0.3 is 23.9 Å². The lowest BCUT2D eigenvalue weighted by Gasteiger charge is -2.33. The maximum Gasteiger partial charge on any atom is 0.323 e. The molecular weight excluding hydrogens is 1330 g/mol. The van der Waals surface area contributed by atoms with Crippen LogP contribution in [0.3, 0.4) is 0 Å². The first-order valence-corrected chi connectivity index (χ1v) is 34.3. The van der Waals surface area contributed by atoms with E-state index >= 15 is 0 Å². The number of carbonyl (C=O) groups is 9. The molecule has 0 spiro atoms. The Morgan fingerprint density at radius 2 is 1.17 bits per heavy atom. The summed E-state index contributed by atoms with van der Waals surface area (Å²) < 4.78 is 58.7. The lowest BCUT2D eigenvalue weighted by molar-refractivity contribution is -0.140. The van der Waals surface area contributed by atoms with E-state index in [1.807, 2.05) is 0 Å². The minimum atomic E-state index is -4.48. The molecule has 4 aromatic rings. The summed E-state index contributed by atoms with van der Waals surface area (Å²) in [5.74, 6) is -6.48. The van der Waals surface area contributed by atoms with Gasteiger partial charge in [-0.3, -0.25) is 67.5 Å². The van der Waals surface area contributed by atoms with Crippen LogP contribution in [0.25, 0.3) is 10.9 Å². The minimum Gasteiger partial charge on any atom is -0.494 e. The molecule has 36 heteroatoms. The molecule has 554 valence electrons. The summed E-state index contributed by atoms with van der Waals surface area (Å²) in [6.07, 6.45) is 5.91. The number of aromatic nitrogens is 3. The number of methoxy groups -OCH3 is 1. The summed E-state index contributed by atoms with van der Waals surface area (Å²) in [4.78, 5) is 140. The number of sulfonamides is 1. The number of hydrogen-bond donors (Lipinski definition) is 12. The van der Waals surface area contributed by atoms with Crippen molar-refractivity contribution in [1.29, 1.82) is 0 Å². The summed E-state index contributed by atoms with van der Waals surface area (Å²) in [5.41, 5.74) is 1.03. The molecular formula is C64H96N14O21S. The normalized spacial score (nSPS) is 14.4. The second-order valence-electron chi connectivity index (χ2n) is 23.7. The van der Waals surface area contributed by atoms with Crippen LogP contribution in [0.15, 0.2) is 58.6 Å². The van der Waals surface area contributed by atoms with E-state index in [9.17, 15) is 76.8 Å². The summed E-state index contributed by atoms with van der Waals surface area (Å²) in [7, 11) is -1.34. The number of carbonyl (C=O) groups excluding carboxylic acids is 5. The zero-order valence-corrected chi connectivity index (χ0v) is 57.8. The topological polar surface area (TPSA) is 463 Å². The third kappa shape index (κ3) is 30.4. The van der Waals surface area contributed by atoms with Crippen molar-refractivity contribution in [2.75, 3.05) is 170 Å². The molecule has 1 aliphatic heterocycles. The number of nitrogens with zero attached hydrogens (tertiary/aromatic N) is 6. The van der Waals surface area contributed by atoms with Gasteiger partial charge < -0.3 is 85.6 Å². The zero-order valence-electron chi connectivity index (χ0n) is 57.0. The summed E-state index contributed by atoms with van der Waals surface area (Å²) in [6.45, 7) is 6.02. The number of imidazole rings is 1. The highest BCUT2D eigenvalue weighted by Gasteiger charge is 2.30. The van der Waals surface area contributed by atoms with Crippen LogP contribution in [0, 0.1) is 13.8 Å². The predicted octanol–water partition coefficient (Wildman–Crippen LogP) is -1.62. The largest absolute Gasteiger partial charge is 0.494 e. The summed E-state index contributed by atoms with van der Waals surface area (Å²) in [6, 6.07) is 5.14. The van der Waals surface area contributed by atoms with Crippen molar-refractivity contribution in [3.8, 4) is 5.75 Å². The molecule has 2 atom stereocenters. The Kier molecular flexibility index (Phi) is 35.8. The molecule has 0 saturated carbocycles. The lowest BCUT2D eigenvalue weighted by atomic mass is 10.1. The van der Waals surface area contributed by atoms with Crippen molar-refractivity contribution in [3.63, 3.8) is 0 Å². The summed E-state index contributed by atoms with van der Waals surface area (Å²) in [5, 5.41) is 55.4. The molecule has 0 radical (unpaired) electrons. The van der Waals surface area contributed by atoms with E-state index in [2.05, 4.69) is 46.6 Å². The van der Waals surface area contributed by atoms with Crippen molar-refractivity contribution in [2.45, 2.75) is 75.9 Å². The fourth-order valence-corrected chi connectivity index (χ4v) is 12.2. The number of benzene rings is 2. The smallest absolute Gasteiger partial charge is 0.323 e. The number of rotatable bonds is 45. The van der Waals surface area contributed by atoms with Gasteiger partial charge in [0.2, 0.25) is 39.1 Å². The molecule has 0 bridgehead atoms. The van der Waals surface area contributed by atoms with Crippen molar-refractivity contribution in [3.05, 3.63) is 81.4 Å². The molecule has 0 unspecified atom stereocenters. The number of aryl methyl sites for hydroxylation is 3. The van der Waals surface area contributed by atoms with Crippen LogP contribution in [0.2, 0.25) is 0 Å². The van der Waals surface area contributed by atoms with Gasteiger partial charge in [-0.05, 0) is 80.5 Å². The molecule has 35 nitrogen and oxygen atoms in total. The predicted molar refractivity (Wildman–Crippen MR) is 362 cm³/mol. The van der Waals surface area contributed by atoms with Crippen LogP contribution in [-0.2, 0) is 80.9 Å². The molecule has 5 amide bonds. The number of carboxylic acids is 4. The van der Waals surface area contributed by atoms with Gasteiger partial charge in [0, 0.05) is 149 Å². The Morgan fingerprint density at radius 1 is 0.630 bits per heavy atom. The molecule has 3 heterocycles. The summed E-state index contributed by atoms with van der Waals surface area (Å²) >= 11 is 0. The van der Waals surface area contributed by atoms with Crippen LogP contribution >= 0.6 is 0 Å². The number of H-pyrrole nitrogens is 1. The highest BCUT2D eigenvalue weighted by molar-refractivity contribution is 7.89. The van der Waals surface area contributed by atoms with Gasteiger partial charge in [-0.25, -0.2) is 13.4 Å². The van der Waals surface area contributed by atoms with Crippen molar-refractivity contribution < 1.29 is 95.7 Å². The fourth-order valence-electron chi connectivity index (χ4n) is 10.6. The van der Waals surface area contributed by atoms with E-state index in [-0.39, 0.29) is 189 Å². The van der Waals surface area contributed by atoms with E-state index in [1.165, 1.54) is 39.3 Å². The molecule has 5 rings (SSSR count). The molecule has 1 fully saturated rings. The van der Waals surface area contributed by atoms with Crippen LogP contribution < -0.4 is 46.8 Å². The number of fused-ring (bicyclic) bond motifs is 1. The zero-order chi connectivity index (χ0) is 73.0. The van der Waals surface area contributed by atoms with Gasteiger partial charge in [0.25, 0.3) is 5.91 Å². The third-order valence-electron chi connectivity index (χ3n) is 15.6. The van der Waals surface area contributed by atoms with E-state index in [0.717, 1.165) is 5.56 Å². The maximum atomic E-state index is 13.7. The Balaban J connectivity index is 0.936. The van der Waals surface area contributed by atoms with Crippen LogP contribution in [-0.4, -0.2) is 293 Å². The van der Waals surface area contributed by atoms with Crippen LogP contribution in [0.5, 0.6) is 5.75 Å². The number of aromatic amines is 1. The molecule has 12 N–H and O–H groups in total.